The molecule has 0 aliphatic carbocycles. The van der Waals surface area contributed by atoms with E-state index in [1.54, 1.807) is 25.1 Å². The summed E-state index contributed by atoms with van der Waals surface area (Å²) in [7, 11) is -3.17. The number of furan rings is 1. The van der Waals surface area contributed by atoms with Gasteiger partial charge in [-0.1, -0.05) is 18.2 Å². The van der Waals surface area contributed by atoms with Gasteiger partial charge in [0.25, 0.3) is 5.91 Å². The molecule has 2 aliphatic rings. The van der Waals surface area contributed by atoms with E-state index in [1.165, 1.54) is 11.8 Å². The van der Waals surface area contributed by atoms with Crippen LogP contribution in [0.15, 0.2) is 34.7 Å². The summed E-state index contributed by atoms with van der Waals surface area (Å²) in [6, 6.07) is 7.82. The van der Waals surface area contributed by atoms with Gasteiger partial charge in [0, 0.05) is 18.0 Å². The van der Waals surface area contributed by atoms with E-state index in [2.05, 4.69) is 5.32 Å². The van der Waals surface area contributed by atoms with E-state index in [4.69, 9.17) is 4.42 Å². The van der Waals surface area contributed by atoms with Gasteiger partial charge in [0.15, 0.2) is 15.4 Å². The number of carbonyl (C=O) groups excluding carboxylic acids is 3. The fourth-order valence-corrected chi connectivity index (χ4v) is 5.85. The van der Waals surface area contributed by atoms with Gasteiger partial charge in [-0.05, 0) is 32.4 Å². The molecular formula is C20H23N3O6S. The van der Waals surface area contributed by atoms with Crippen molar-refractivity contribution in [3.05, 3.63) is 36.1 Å². The number of amides is 4. The van der Waals surface area contributed by atoms with E-state index < -0.39 is 45.8 Å². The molecule has 9 nitrogen and oxygen atoms in total. The highest BCUT2D eigenvalue weighted by Crippen LogP contribution is 2.33. The van der Waals surface area contributed by atoms with Crippen LogP contribution in [0.2, 0.25) is 0 Å². The molecule has 2 saturated heterocycles. The Morgan fingerprint density at radius 3 is 2.70 bits per heavy atom. The number of sulfone groups is 1. The van der Waals surface area contributed by atoms with Gasteiger partial charge in [0.1, 0.15) is 17.9 Å². The van der Waals surface area contributed by atoms with Crippen LogP contribution in [0.25, 0.3) is 11.0 Å². The topological polar surface area (TPSA) is 117 Å². The summed E-state index contributed by atoms with van der Waals surface area (Å²) in [5.41, 5.74) is -0.839. The van der Waals surface area contributed by atoms with E-state index in [0.29, 0.717) is 18.5 Å². The summed E-state index contributed by atoms with van der Waals surface area (Å²) in [5.74, 6) is -0.823. The number of benzene rings is 1. The summed E-state index contributed by atoms with van der Waals surface area (Å²) >= 11 is 0. The highest BCUT2D eigenvalue weighted by molar-refractivity contribution is 7.91. The quantitative estimate of drug-likeness (QED) is 0.709. The van der Waals surface area contributed by atoms with Crippen LogP contribution in [0.3, 0.4) is 0 Å². The molecule has 0 radical (unpaired) electrons. The molecule has 4 rings (SSSR count). The van der Waals surface area contributed by atoms with Crippen molar-refractivity contribution in [1.82, 2.24) is 15.1 Å². The number of likely N-dealkylation sites (N-methyl/N-ethyl adjacent to an activating group) is 1. The third-order valence-corrected chi connectivity index (χ3v) is 7.55. The molecule has 0 saturated carbocycles. The maximum absolute atomic E-state index is 13.1. The number of nitrogens with one attached hydrogen (secondary N) is 1. The largest absolute Gasteiger partial charge is 0.458 e. The lowest BCUT2D eigenvalue weighted by Crippen LogP contribution is -2.48. The zero-order valence-corrected chi connectivity index (χ0v) is 17.6. The first-order chi connectivity index (χ1) is 14.1. The average Bonchev–Trinajstić information content (AvgIpc) is 3.34. The second-order valence-electron chi connectivity index (χ2n) is 7.83. The molecule has 30 heavy (non-hydrogen) atoms. The zero-order chi connectivity index (χ0) is 21.7. The molecule has 2 aromatic rings. The number of rotatable bonds is 5. The summed E-state index contributed by atoms with van der Waals surface area (Å²) < 4.78 is 29.3. The minimum Gasteiger partial charge on any atom is -0.458 e. The summed E-state index contributed by atoms with van der Waals surface area (Å²) in [6.45, 7) is 3.12. The van der Waals surface area contributed by atoms with Gasteiger partial charge in [-0.3, -0.25) is 14.5 Å². The van der Waals surface area contributed by atoms with Gasteiger partial charge >= 0.3 is 6.03 Å². The van der Waals surface area contributed by atoms with E-state index in [-0.39, 0.29) is 17.3 Å². The molecule has 4 amide bonds. The van der Waals surface area contributed by atoms with Crippen molar-refractivity contribution in [2.45, 2.75) is 31.8 Å². The number of fused-ring (bicyclic) bond motifs is 1. The van der Waals surface area contributed by atoms with Crippen molar-refractivity contribution in [2.75, 3.05) is 24.6 Å². The fourth-order valence-electron chi connectivity index (χ4n) is 4.12. The van der Waals surface area contributed by atoms with Crippen LogP contribution in [0.5, 0.6) is 0 Å². The zero-order valence-electron chi connectivity index (χ0n) is 16.8. The average molecular weight is 433 g/mol. The molecule has 1 N–H and O–H groups in total. The number of nitrogens with zero attached hydrogens (tertiary/aromatic N) is 2. The van der Waals surface area contributed by atoms with E-state index in [0.717, 1.165) is 10.3 Å². The maximum atomic E-state index is 13.1. The lowest BCUT2D eigenvalue weighted by molar-refractivity contribution is -0.140. The normalized spacial score (nSPS) is 25.7. The molecule has 0 bridgehead atoms. The van der Waals surface area contributed by atoms with Crippen molar-refractivity contribution in [3.8, 4) is 0 Å². The lowest BCUT2D eigenvalue weighted by atomic mass is 9.99. The van der Waals surface area contributed by atoms with Gasteiger partial charge in [0.05, 0.1) is 11.5 Å². The van der Waals surface area contributed by atoms with Gasteiger partial charge in [-0.2, -0.15) is 0 Å². The third kappa shape index (κ3) is 3.34. The number of imide groups is 1. The summed E-state index contributed by atoms with van der Waals surface area (Å²) in [4.78, 5) is 40.8. The van der Waals surface area contributed by atoms with Crippen LogP contribution in [0.4, 0.5) is 4.79 Å². The van der Waals surface area contributed by atoms with E-state index >= 15 is 0 Å². The van der Waals surface area contributed by atoms with E-state index in [1.807, 2.05) is 12.1 Å². The molecular weight excluding hydrogens is 410 g/mol. The molecule has 0 unspecified atom stereocenters. The van der Waals surface area contributed by atoms with Crippen molar-refractivity contribution in [2.24, 2.45) is 0 Å². The highest BCUT2D eigenvalue weighted by Gasteiger charge is 2.52. The number of urea groups is 1. The first kappa shape index (κ1) is 20.4. The monoisotopic (exact) mass is 433 g/mol. The summed E-state index contributed by atoms with van der Waals surface area (Å²) in [5, 5.41) is 3.43. The lowest BCUT2D eigenvalue weighted by Gasteiger charge is -2.28. The number of hydrogen-bond acceptors (Lipinski definition) is 6. The molecule has 10 heteroatoms. The van der Waals surface area contributed by atoms with Crippen molar-refractivity contribution in [3.63, 3.8) is 0 Å². The Labute approximate surface area is 173 Å². The van der Waals surface area contributed by atoms with Crippen molar-refractivity contribution in [1.29, 1.82) is 0 Å². The Balaban J connectivity index is 1.54. The maximum Gasteiger partial charge on any atom is 0.325 e. The number of hydrogen-bond donors (Lipinski definition) is 1. The molecule has 0 spiro atoms. The second-order valence-corrected chi connectivity index (χ2v) is 10.1. The predicted molar refractivity (Wildman–Crippen MR) is 108 cm³/mol. The second kappa shape index (κ2) is 7.12. The Bertz CT molecular complexity index is 1110. The van der Waals surface area contributed by atoms with Gasteiger partial charge in [-0.25, -0.2) is 13.2 Å². The molecule has 2 fully saturated rings. The molecule has 1 aromatic carbocycles. The van der Waals surface area contributed by atoms with Crippen LogP contribution in [0, 0.1) is 0 Å². The van der Waals surface area contributed by atoms with Crippen LogP contribution >= 0.6 is 0 Å². The fraction of sp³-hybridized carbons (Fsp3) is 0.450. The Kier molecular flexibility index (Phi) is 4.84. The van der Waals surface area contributed by atoms with Crippen LogP contribution in [-0.4, -0.2) is 66.7 Å². The number of para-hydroxylation sites is 1. The van der Waals surface area contributed by atoms with Crippen LogP contribution in [-0.2, 0) is 25.0 Å². The molecule has 3 heterocycles. The predicted octanol–water partition coefficient (Wildman–Crippen LogP) is 1.24. The van der Waals surface area contributed by atoms with E-state index in [9.17, 15) is 22.8 Å². The third-order valence-electron chi connectivity index (χ3n) is 5.80. The molecule has 160 valence electrons. The summed E-state index contributed by atoms with van der Waals surface area (Å²) in [6.07, 6.45) is 0.360. The van der Waals surface area contributed by atoms with Crippen LogP contribution < -0.4 is 5.32 Å². The van der Waals surface area contributed by atoms with Gasteiger partial charge in [0.2, 0.25) is 5.91 Å². The van der Waals surface area contributed by atoms with Crippen molar-refractivity contribution >= 4 is 38.7 Å². The number of carbonyl (C=O) groups is 3. The minimum absolute atomic E-state index is 0.0364. The minimum atomic E-state index is -3.17. The van der Waals surface area contributed by atoms with Gasteiger partial charge in [-0.15, -0.1) is 0 Å². The van der Waals surface area contributed by atoms with Gasteiger partial charge < -0.3 is 14.6 Å². The standard InChI is InChI=1S/C20H23N3O6S/c1-3-22(14-8-9-30(27,28)12-14)17(24)11-23-18(25)20(2,21-19(23)26)16-10-13-6-4-5-7-15(13)29-16/h4-7,10,14H,3,8-9,11-12H2,1-2H3,(H,21,26)/t14-,20+/m0/s1. The first-order valence-corrected chi connectivity index (χ1v) is 11.6. The smallest absolute Gasteiger partial charge is 0.325 e. The molecule has 2 atom stereocenters. The Morgan fingerprint density at radius 2 is 2.07 bits per heavy atom. The Morgan fingerprint density at radius 1 is 1.33 bits per heavy atom. The SMILES string of the molecule is CCN(C(=O)CN1C(=O)N[C@](C)(c2cc3ccccc3o2)C1=O)[C@H]1CCS(=O)(=O)C1. The highest BCUT2D eigenvalue weighted by atomic mass is 32.2. The Hall–Kier alpha value is -2.88. The van der Waals surface area contributed by atoms with Crippen LogP contribution in [0.1, 0.15) is 26.0 Å². The molecule has 1 aromatic heterocycles. The van der Waals surface area contributed by atoms with Crippen molar-refractivity contribution < 1.29 is 27.2 Å². The molecule has 2 aliphatic heterocycles. The first-order valence-electron chi connectivity index (χ1n) is 9.77.